The van der Waals surface area contributed by atoms with E-state index in [4.69, 9.17) is 37.9 Å². The average Bonchev–Trinajstić information content (AvgIpc) is 3.37. The van der Waals surface area contributed by atoms with Gasteiger partial charge in [0.15, 0.2) is 6.29 Å². The molecule has 0 unspecified atom stereocenters. The van der Waals surface area contributed by atoms with Gasteiger partial charge in [-0.1, -0.05) is 187 Å². The molecule has 0 saturated carbocycles. The molecule has 2 heterocycles. The Morgan fingerprint density at radius 3 is 1.61 bits per heavy atom. The Labute approximate surface area is 399 Å². The fraction of sp³-hybridized carbons (Fsp3) is 0.310. The van der Waals surface area contributed by atoms with Crippen LogP contribution < -0.4 is 0 Å². The molecule has 9 heteroatoms. The van der Waals surface area contributed by atoms with Crippen molar-refractivity contribution in [3.8, 4) is 0 Å². The summed E-state index contributed by atoms with van der Waals surface area (Å²) in [7, 11) is 0. The number of aryl methyl sites for hydroxylation is 1. The predicted molar refractivity (Wildman–Crippen MR) is 263 cm³/mol. The minimum absolute atomic E-state index is 0.244. The molecule has 0 N–H and O–H groups in total. The molecule has 2 aliphatic heterocycles. The van der Waals surface area contributed by atoms with Gasteiger partial charge in [-0.2, -0.15) is 0 Å². The molecule has 9 rings (SSSR count). The first kappa shape index (κ1) is 46.9. The first-order valence-corrected chi connectivity index (χ1v) is 24.3. The van der Waals surface area contributed by atoms with E-state index in [9.17, 15) is 0 Å². The van der Waals surface area contributed by atoms with Gasteiger partial charge >= 0.3 is 0 Å². The maximum atomic E-state index is 7.29. The minimum Gasteiger partial charge on any atom is -0.374 e. The van der Waals surface area contributed by atoms with Gasteiger partial charge in [-0.05, 0) is 70.6 Å². The van der Waals surface area contributed by atoms with Crippen molar-refractivity contribution in [1.82, 2.24) is 0 Å². The Balaban J connectivity index is 1.03. The average molecular weight is 917 g/mol. The van der Waals surface area contributed by atoms with E-state index in [2.05, 4.69) is 122 Å². The van der Waals surface area contributed by atoms with Crippen molar-refractivity contribution >= 4 is 22.5 Å². The molecular weight excluding hydrogens is 857 g/mol. The zero-order valence-electron chi connectivity index (χ0n) is 38.2. The van der Waals surface area contributed by atoms with Crippen molar-refractivity contribution in [1.29, 1.82) is 0 Å². The Morgan fingerprint density at radius 2 is 1.00 bits per heavy atom. The third-order valence-electron chi connectivity index (χ3n) is 12.3. The number of ether oxygens (including phenoxy) is 8. The lowest BCUT2D eigenvalue weighted by molar-refractivity contribution is -0.321. The predicted octanol–water partition coefficient (Wildman–Crippen LogP) is 12.0. The summed E-state index contributed by atoms with van der Waals surface area (Å²) in [5.41, 5.74) is 6.03. The van der Waals surface area contributed by atoms with Crippen molar-refractivity contribution < 1.29 is 37.9 Å². The van der Waals surface area contributed by atoms with Gasteiger partial charge in [0.25, 0.3) is 0 Å². The normalized spacial score (nSPS) is 24.1. The summed E-state index contributed by atoms with van der Waals surface area (Å²) < 4.78 is 55.5. The van der Waals surface area contributed by atoms with Gasteiger partial charge < -0.3 is 37.9 Å². The van der Waals surface area contributed by atoms with E-state index in [1.165, 1.54) is 16.3 Å². The maximum Gasteiger partial charge on any atom is 0.161 e. The number of hydrogen-bond donors (Lipinski definition) is 0. The van der Waals surface area contributed by atoms with Crippen LogP contribution in [0, 0.1) is 6.92 Å². The number of hydrogen-bond acceptors (Lipinski definition) is 9. The Bertz CT molecular complexity index is 2530. The molecule has 8 nitrogen and oxygen atoms in total. The van der Waals surface area contributed by atoms with Crippen LogP contribution in [0.4, 0.5) is 0 Å². The number of rotatable bonds is 20. The molecule has 0 aromatic heterocycles. The van der Waals surface area contributed by atoms with E-state index in [1.54, 1.807) is 11.8 Å². The van der Waals surface area contributed by atoms with Crippen molar-refractivity contribution in [2.75, 3.05) is 6.61 Å². The Hall–Kier alpha value is -5.17. The lowest BCUT2D eigenvalue weighted by atomic mass is 9.97. The number of fused-ring (bicyclic) bond motifs is 1. The zero-order valence-corrected chi connectivity index (χ0v) is 39.0. The Morgan fingerprint density at radius 1 is 0.478 bits per heavy atom. The highest BCUT2D eigenvalue weighted by molar-refractivity contribution is 7.99. The van der Waals surface area contributed by atoms with Gasteiger partial charge in [0.05, 0.1) is 51.8 Å². The van der Waals surface area contributed by atoms with E-state index in [0.29, 0.717) is 39.5 Å². The molecule has 7 aromatic carbocycles. The van der Waals surface area contributed by atoms with Crippen LogP contribution in [-0.4, -0.2) is 61.1 Å². The third-order valence-corrected chi connectivity index (χ3v) is 13.5. The molecule has 0 spiro atoms. The summed E-state index contributed by atoms with van der Waals surface area (Å²) in [6.45, 7) is 6.31. The summed E-state index contributed by atoms with van der Waals surface area (Å²) in [6.07, 6.45) is -3.79. The SMILES string of the molecule is Cc1ccc(S[C@@H]2O[C@H](COCc3ccccc3)[C@@H](O[C@@H]3C[C@@H](OCc4ccc5ccccc5c4)[C@H](OCc4ccccc4)[C@@H](C)O3)[C@H](OCc3ccccc3)[C@H]2OCc2ccccc2)cc1. The number of benzene rings is 7. The molecular formula is C58H60O8S. The maximum absolute atomic E-state index is 7.29. The summed E-state index contributed by atoms with van der Waals surface area (Å²) in [6, 6.07) is 64.2. The molecule has 2 fully saturated rings. The van der Waals surface area contributed by atoms with Crippen LogP contribution in [0.25, 0.3) is 10.8 Å². The molecule has 67 heavy (non-hydrogen) atoms. The van der Waals surface area contributed by atoms with Crippen molar-refractivity contribution in [2.24, 2.45) is 0 Å². The molecule has 0 bridgehead atoms. The molecule has 0 aliphatic carbocycles. The van der Waals surface area contributed by atoms with Crippen molar-refractivity contribution in [3.63, 3.8) is 0 Å². The lowest BCUT2D eigenvalue weighted by Crippen LogP contribution is -2.62. The van der Waals surface area contributed by atoms with Crippen LogP contribution in [-0.2, 0) is 70.9 Å². The van der Waals surface area contributed by atoms with Crippen LogP contribution in [0.15, 0.2) is 193 Å². The van der Waals surface area contributed by atoms with Gasteiger partial charge in [-0.15, -0.1) is 0 Å². The van der Waals surface area contributed by atoms with Gasteiger partial charge in [0, 0.05) is 11.3 Å². The van der Waals surface area contributed by atoms with E-state index in [1.807, 2.05) is 79.7 Å². The smallest absolute Gasteiger partial charge is 0.161 e. The highest BCUT2D eigenvalue weighted by Gasteiger charge is 2.51. The van der Waals surface area contributed by atoms with Crippen LogP contribution in [0.3, 0.4) is 0 Å². The monoisotopic (exact) mass is 916 g/mol. The van der Waals surface area contributed by atoms with Crippen LogP contribution in [0.1, 0.15) is 46.7 Å². The Kier molecular flexibility index (Phi) is 16.6. The van der Waals surface area contributed by atoms with E-state index in [0.717, 1.165) is 32.7 Å². The molecule has 9 atom stereocenters. The van der Waals surface area contributed by atoms with Gasteiger partial charge in [0.1, 0.15) is 36.0 Å². The lowest BCUT2D eigenvalue weighted by Gasteiger charge is -2.48. The van der Waals surface area contributed by atoms with Crippen molar-refractivity contribution in [3.05, 3.63) is 221 Å². The number of thioether (sulfide) groups is 1. The molecule has 0 radical (unpaired) electrons. The second kappa shape index (κ2) is 23.7. The molecule has 2 aliphatic rings. The van der Waals surface area contributed by atoms with Crippen LogP contribution in [0.2, 0.25) is 0 Å². The molecule has 346 valence electrons. The van der Waals surface area contributed by atoms with Gasteiger partial charge in [-0.25, -0.2) is 0 Å². The largest absolute Gasteiger partial charge is 0.374 e. The zero-order chi connectivity index (χ0) is 45.6. The second-order valence-corrected chi connectivity index (χ2v) is 18.6. The van der Waals surface area contributed by atoms with Crippen LogP contribution in [0.5, 0.6) is 0 Å². The van der Waals surface area contributed by atoms with Gasteiger partial charge in [-0.3, -0.25) is 0 Å². The van der Waals surface area contributed by atoms with E-state index >= 15 is 0 Å². The highest BCUT2D eigenvalue weighted by Crippen LogP contribution is 2.40. The fourth-order valence-electron chi connectivity index (χ4n) is 8.75. The quantitative estimate of drug-likeness (QED) is 0.0743. The first-order chi connectivity index (χ1) is 33.0. The summed E-state index contributed by atoms with van der Waals surface area (Å²) in [5, 5.41) is 2.36. The van der Waals surface area contributed by atoms with Crippen molar-refractivity contribution in [2.45, 2.75) is 113 Å². The summed E-state index contributed by atoms with van der Waals surface area (Å²) in [5.74, 6) is 0. The topological polar surface area (TPSA) is 73.8 Å². The second-order valence-electron chi connectivity index (χ2n) is 17.4. The molecule has 0 amide bonds. The van der Waals surface area contributed by atoms with E-state index < -0.39 is 36.1 Å². The first-order valence-electron chi connectivity index (χ1n) is 23.4. The standard InChI is InChI=1S/C58H60O8S/c1-41-27-31-50(32-28-41)67-58-57(63-38-46-23-13-6-14-24-46)56(62-37-45-21-11-5-12-22-45)55(52(65-58)40-59-35-43-17-7-3-8-18-43)66-53-34-51(54(42(2)64-53)61-36-44-19-9-4-10-20-44)60-39-47-29-30-48-25-15-16-26-49(48)33-47/h3-33,42,51-58H,34-40H2,1-2H3/t42-,51-,52-,53-,54-,55-,56+,57-,58+/m1/s1. The summed E-state index contributed by atoms with van der Waals surface area (Å²) in [4.78, 5) is 1.06. The minimum atomic E-state index is -0.697. The summed E-state index contributed by atoms with van der Waals surface area (Å²) >= 11 is 1.63. The van der Waals surface area contributed by atoms with Crippen LogP contribution >= 0.6 is 11.8 Å². The molecule has 7 aromatic rings. The fourth-order valence-corrected chi connectivity index (χ4v) is 9.88. The third kappa shape index (κ3) is 13.1. The molecule has 2 saturated heterocycles. The van der Waals surface area contributed by atoms with Gasteiger partial charge in [0.2, 0.25) is 0 Å². The van der Waals surface area contributed by atoms with E-state index in [-0.39, 0.29) is 24.9 Å². The highest BCUT2D eigenvalue weighted by atomic mass is 32.2.